The molecule has 42 valence electrons. The molecule has 0 aliphatic rings. The van der Waals surface area contributed by atoms with Crippen LogP contribution in [0, 0.1) is 10.1 Å². The van der Waals surface area contributed by atoms with E-state index in [2.05, 4.69) is 4.98 Å². The highest BCUT2D eigenvalue weighted by Gasteiger charge is 2.03. The Balaban J connectivity index is 2.93. The van der Waals surface area contributed by atoms with E-state index in [9.17, 15) is 10.1 Å². The molecular weight excluding hydrogens is 128 g/mol. The van der Waals surface area contributed by atoms with E-state index in [-0.39, 0.29) is 5.82 Å². The summed E-state index contributed by atoms with van der Waals surface area (Å²) in [5.74, 6) is -0.0741. The molecule has 0 fully saturated rings. The van der Waals surface area contributed by atoms with Gasteiger partial charge in [-0.25, -0.2) is 0 Å². The Kier molecular flexibility index (Phi) is 1.21. The van der Waals surface area contributed by atoms with Crippen molar-refractivity contribution in [2.24, 2.45) is 0 Å². The zero-order valence-electron chi connectivity index (χ0n) is 3.77. The highest BCUT2D eigenvalue weighted by molar-refractivity contribution is 7.07. The SMILES string of the molecule is O=[N+]([O-])c1cscn1. The van der Waals surface area contributed by atoms with Crippen LogP contribution in [0.1, 0.15) is 0 Å². The molecule has 0 aromatic carbocycles. The predicted octanol–water partition coefficient (Wildman–Crippen LogP) is 1.05. The molecule has 5 heteroatoms. The fourth-order valence-corrected chi connectivity index (χ4v) is 0.795. The van der Waals surface area contributed by atoms with Gasteiger partial charge in [0.15, 0.2) is 5.51 Å². The Labute approximate surface area is 48.9 Å². The quantitative estimate of drug-likeness (QED) is 0.421. The first-order valence-corrected chi connectivity index (χ1v) is 2.77. The molecule has 0 saturated heterocycles. The smallest absolute Gasteiger partial charge is 0.358 e. The summed E-state index contributed by atoms with van der Waals surface area (Å²) in [7, 11) is 0. The molecular formula is C3H2N2O2S. The van der Waals surface area contributed by atoms with Crippen LogP contribution in [0.4, 0.5) is 5.82 Å². The van der Waals surface area contributed by atoms with Gasteiger partial charge in [0.2, 0.25) is 0 Å². The van der Waals surface area contributed by atoms with Crippen molar-refractivity contribution in [3.8, 4) is 0 Å². The van der Waals surface area contributed by atoms with E-state index in [0.29, 0.717) is 0 Å². The summed E-state index contributed by atoms with van der Waals surface area (Å²) in [4.78, 5) is 12.7. The normalized spacial score (nSPS) is 9.00. The second-order valence-electron chi connectivity index (χ2n) is 1.10. The van der Waals surface area contributed by atoms with Gasteiger partial charge in [-0.05, 0) is 9.91 Å². The maximum atomic E-state index is 9.81. The summed E-state index contributed by atoms with van der Waals surface area (Å²) in [6.07, 6.45) is 0. The fraction of sp³-hybridized carbons (Fsp3) is 0. The first-order valence-electron chi connectivity index (χ1n) is 1.83. The summed E-state index contributed by atoms with van der Waals surface area (Å²) >= 11 is 1.22. The van der Waals surface area contributed by atoms with Gasteiger partial charge in [0.1, 0.15) is 0 Å². The van der Waals surface area contributed by atoms with Gasteiger partial charge in [-0.3, -0.25) is 0 Å². The van der Waals surface area contributed by atoms with Crippen LogP contribution >= 0.6 is 11.3 Å². The number of hydrogen-bond acceptors (Lipinski definition) is 4. The van der Waals surface area contributed by atoms with Crippen molar-refractivity contribution >= 4 is 17.2 Å². The Hall–Kier alpha value is -0.970. The summed E-state index contributed by atoms with van der Waals surface area (Å²) in [6, 6.07) is 0. The van der Waals surface area contributed by atoms with Crippen molar-refractivity contribution < 1.29 is 4.92 Å². The standard InChI is InChI=1S/C3H2N2O2S/c6-5(7)3-1-8-2-4-3/h1-2H. The Bertz CT molecular complexity index is 183. The van der Waals surface area contributed by atoms with Gasteiger partial charge >= 0.3 is 5.82 Å². The van der Waals surface area contributed by atoms with E-state index >= 15 is 0 Å². The van der Waals surface area contributed by atoms with E-state index in [4.69, 9.17) is 0 Å². The molecule has 1 aromatic rings. The van der Waals surface area contributed by atoms with Gasteiger partial charge in [0.05, 0.1) is 5.38 Å². The average Bonchev–Trinajstić information content (AvgIpc) is 2.12. The largest absolute Gasteiger partial charge is 0.374 e. The molecule has 1 heterocycles. The monoisotopic (exact) mass is 130 g/mol. The molecule has 0 N–H and O–H groups in total. The van der Waals surface area contributed by atoms with Gasteiger partial charge in [0.25, 0.3) is 0 Å². The minimum atomic E-state index is -0.517. The van der Waals surface area contributed by atoms with E-state index in [1.54, 1.807) is 0 Å². The van der Waals surface area contributed by atoms with Gasteiger partial charge in [-0.1, -0.05) is 11.3 Å². The maximum Gasteiger partial charge on any atom is 0.374 e. The van der Waals surface area contributed by atoms with Crippen LogP contribution in [0.2, 0.25) is 0 Å². The van der Waals surface area contributed by atoms with Crippen molar-refractivity contribution in [2.75, 3.05) is 0 Å². The Morgan fingerprint density at radius 3 is 2.88 bits per heavy atom. The highest BCUT2D eigenvalue weighted by Crippen LogP contribution is 2.08. The van der Waals surface area contributed by atoms with Crippen LogP contribution in [-0.2, 0) is 0 Å². The molecule has 0 aliphatic heterocycles. The topological polar surface area (TPSA) is 56.0 Å². The molecule has 0 radical (unpaired) electrons. The van der Waals surface area contributed by atoms with Crippen molar-refractivity contribution in [3.63, 3.8) is 0 Å². The molecule has 0 bridgehead atoms. The van der Waals surface area contributed by atoms with E-state index < -0.39 is 4.92 Å². The molecule has 0 saturated carbocycles. The average molecular weight is 130 g/mol. The third-order valence-electron chi connectivity index (χ3n) is 0.606. The first-order chi connectivity index (χ1) is 3.80. The molecule has 0 unspecified atom stereocenters. The second-order valence-corrected chi connectivity index (χ2v) is 1.82. The molecule has 4 nitrogen and oxygen atoms in total. The van der Waals surface area contributed by atoms with Crippen LogP contribution in [0.15, 0.2) is 10.9 Å². The molecule has 1 aromatic heterocycles. The van der Waals surface area contributed by atoms with Crippen LogP contribution in [0.5, 0.6) is 0 Å². The summed E-state index contributed by atoms with van der Waals surface area (Å²) < 4.78 is 0. The van der Waals surface area contributed by atoms with Crippen LogP contribution in [0.3, 0.4) is 0 Å². The molecule has 0 atom stereocenters. The molecule has 0 amide bonds. The molecule has 8 heavy (non-hydrogen) atoms. The van der Waals surface area contributed by atoms with E-state index in [1.165, 1.54) is 22.2 Å². The number of rotatable bonds is 1. The maximum absolute atomic E-state index is 9.81. The third-order valence-corrected chi connectivity index (χ3v) is 1.18. The Morgan fingerprint density at radius 1 is 1.88 bits per heavy atom. The zero-order chi connectivity index (χ0) is 5.98. The number of nitrogens with zero attached hydrogens (tertiary/aromatic N) is 2. The highest BCUT2D eigenvalue weighted by atomic mass is 32.1. The van der Waals surface area contributed by atoms with Crippen LogP contribution < -0.4 is 0 Å². The lowest BCUT2D eigenvalue weighted by molar-refractivity contribution is -0.389. The van der Waals surface area contributed by atoms with E-state index in [0.717, 1.165) is 0 Å². The summed E-state index contributed by atoms with van der Waals surface area (Å²) in [5.41, 5.74) is 1.43. The lowest BCUT2D eigenvalue weighted by Crippen LogP contribution is -1.85. The van der Waals surface area contributed by atoms with Crippen molar-refractivity contribution in [2.45, 2.75) is 0 Å². The predicted molar refractivity (Wildman–Crippen MR) is 28.8 cm³/mol. The number of hydrogen-bond donors (Lipinski definition) is 0. The summed E-state index contributed by atoms with van der Waals surface area (Å²) in [6.45, 7) is 0. The van der Waals surface area contributed by atoms with Gasteiger partial charge in [-0.15, -0.1) is 0 Å². The third kappa shape index (κ3) is 0.812. The minimum absolute atomic E-state index is 0.0741. The van der Waals surface area contributed by atoms with Crippen molar-refractivity contribution in [3.05, 3.63) is 21.0 Å². The number of aromatic nitrogens is 1. The summed E-state index contributed by atoms with van der Waals surface area (Å²) in [5, 5.41) is 11.2. The van der Waals surface area contributed by atoms with Crippen LogP contribution in [-0.4, -0.2) is 9.91 Å². The lowest BCUT2D eigenvalue weighted by Gasteiger charge is -1.81. The fourth-order valence-electron chi connectivity index (χ4n) is 0.296. The van der Waals surface area contributed by atoms with Gasteiger partial charge in [-0.2, -0.15) is 0 Å². The van der Waals surface area contributed by atoms with Gasteiger partial charge in [0, 0.05) is 0 Å². The van der Waals surface area contributed by atoms with Gasteiger partial charge < -0.3 is 10.1 Å². The second kappa shape index (κ2) is 1.87. The zero-order valence-corrected chi connectivity index (χ0v) is 4.59. The minimum Gasteiger partial charge on any atom is -0.358 e. The number of thiazole rings is 1. The molecule has 1 rings (SSSR count). The Morgan fingerprint density at radius 2 is 2.62 bits per heavy atom. The van der Waals surface area contributed by atoms with Crippen molar-refractivity contribution in [1.82, 2.24) is 4.98 Å². The number of nitro groups is 1. The van der Waals surface area contributed by atoms with Crippen molar-refractivity contribution in [1.29, 1.82) is 0 Å². The molecule has 0 spiro atoms. The van der Waals surface area contributed by atoms with Crippen LogP contribution in [0.25, 0.3) is 0 Å². The van der Waals surface area contributed by atoms with E-state index in [1.807, 2.05) is 0 Å². The molecule has 0 aliphatic carbocycles. The lowest BCUT2D eigenvalue weighted by atomic mass is 10.8. The first kappa shape index (κ1) is 5.17.